The van der Waals surface area contributed by atoms with Crippen molar-refractivity contribution in [1.29, 1.82) is 0 Å². The van der Waals surface area contributed by atoms with Gasteiger partial charge in [0.15, 0.2) is 0 Å². The van der Waals surface area contributed by atoms with E-state index in [0.717, 1.165) is 37.1 Å². The normalized spacial score (nSPS) is 19.0. The maximum absolute atomic E-state index is 4.78. The summed E-state index contributed by atoms with van der Waals surface area (Å²) in [6.45, 7) is 7.69. The summed E-state index contributed by atoms with van der Waals surface area (Å²) in [7, 11) is 2.14. The molecule has 0 aromatic carbocycles. The van der Waals surface area contributed by atoms with Crippen LogP contribution in [-0.4, -0.2) is 54.6 Å². The quantitative estimate of drug-likeness (QED) is 0.834. The fourth-order valence-electron chi connectivity index (χ4n) is 2.86. The summed E-state index contributed by atoms with van der Waals surface area (Å²) in [5.41, 5.74) is 0. The fraction of sp³-hybridized carbons (Fsp3) is 0.750. The Morgan fingerprint density at radius 3 is 2.71 bits per heavy atom. The molecule has 2 fully saturated rings. The Balaban J connectivity index is 1.66. The van der Waals surface area contributed by atoms with Crippen molar-refractivity contribution in [3.05, 3.63) is 11.9 Å². The lowest BCUT2D eigenvalue weighted by Gasteiger charge is -2.23. The van der Waals surface area contributed by atoms with Gasteiger partial charge in [-0.3, -0.25) is 0 Å². The average molecular weight is 289 g/mol. The Labute approximate surface area is 127 Å². The van der Waals surface area contributed by atoms with Gasteiger partial charge in [-0.2, -0.15) is 0 Å². The predicted octanol–water partition coefficient (Wildman–Crippen LogP) is 2.32. The molecule has 0 unspecified atom stereocenters. The standard InChI is InChI=1S/C16H27N5/c1-3-17-14-12-15(19-16(18-14)13-6-7-13)20(2)10-11-21-8-4-5-9-21/h12-13H,3-11H2,1-2H3,(H,17,18,19). The fourth-order valence-corrected chi connectivity index (χ4v) is 2.86. The first-order chi connectivity index (χ1) is 10.3. The molecule has 0 amide bonds. The molecular weight excluding hydrogens is 262 g/mol. The molecule has 5 nitrogen and oxygen atoms in total. The SMILES string of the molecule is CCNc1cc(N(C)CCN2CCCC2)nc(C2CC2)n1. The predicted molar refractivity (Wildman–Crippen MR) is 87.1 cm³/mol. The van der Waals surface area contributed by atoms with E-state index >= 15 is 0 Å². The van der Waals surface area contributed by atoms with Crippen LogP contribution < -0.4 is 10.2 Å². The molecule has 0 radical (unpaired) electrons. The summed E-state index contributed by atoms with van der Waals surface area (Å²) in [6, 6.07) is 2.08. The molecule has 3 rings (SSSR count). The second-order valence-corrected chi connectivity index (χ2v) is 6.24. The number of hydrogen-bond donors (Lipinski definition) is 1. The van der Waals surface area contributed by atoms with Gasteiger partial charge in [0.25, 0.3) is 0 Å². The van der Waals surface area contributed by atoms with Crippen LogP contribution in [0.1, 0.15) is 44.3 Å². The van der Waals surface area contributed by atoms with Gasteiger partial charge in [-0.15, -0.1) is 0 Å². The molecule has 21 heavy (non-hydrogen) atoms. The minimum absolute atomic E-state index is 0.592. The van der Waals surface area contributed by atoms with Gasteiger partial charge in [-0.25, -0.2) is 9.97 Å². The molecule has 0 bridgehead atoms. The van der Waals surface area contributed by atoms with Gasteiger partial charge < -0.3 is 15.1 Å². The van der Waals surface area contributed by atoms with Gasteiger partial charge >= 0.3 is 0 Å². The van der Waals surface area contributed by atoms with Crippen molar-refractivity contribution in [2.75, 3.05) is 50.0 Å². The lowest BCUT2D eigenvalue weighted by atomic mass is 10.3. The highest BCUT2D eigenvalue weighted by atomic mass is 15.2. The molecule has 1 aliphatic heterocycles. The number of nitrogens with zero attached hydrogens (tertiary/aromatic N) is 4. The third kappa shape index (κ3) is 3.84. The molecule has 2 aliphatic rings. The van der Waals surface area contributed by atoms with Gasteiger partial charge in [-0.05, 0) is 45.7 Å². The van der Waals surface area contributed by atoms with E-state index < -0.39 is 0 Å². The third-order valence-corrected chi connectivity index (χ3v) is 4.37. The molecule has 2 heterocycles. The largest absolute Gasteiger partial charge is 0.370 e. The average Bonchev–Trinajstić information content (AvgIpc) is 3.22. The van der Waals surface area contributed by atoms with Gasteiger partial charge in [0, 0.05) is 38.7 Å². The van der Waals surface area contributed by atoms with Crippen molar-refractivity contribution < 1.29 is 0 Å². The second-order valence-electron chi connectivity index (χ2n) is 6.24. The maximum atomic E-state index is 4.78. The summed E-state index contributed by atoms with van der Waals surface area (Å²) in [6.07, 6.45) is 5.19. The van der Waals surface area contributed by atoms with Crippen LogP contribution in [-0.2, 0) is 0 Å². The third-order valence-electron chi connectivity index (χ3n) is 4.37. The Morgan fingerprint density at radius 1 is 1.29 bits per heavy atom. The van der Waals surface area contributed by atoms with Crippen molar-refractivity contribution >= 4 is 11.6 Å². The highest BCUT2D eigenvalue weighted by Gasteiger charge is 2.27. The van der Waals surface area contributed by atoms with Gasteiger partial charge in [-0.1, -0.05) is 0 Å². The number of nitrogens with one attached hydrogen (secondary N) is 1. The van der Waals surface area contributed by atoms with Crippen LogP contribution in [0.5, 0.6) is 0 Å². The molecule has 0 atom stereocenters. The summed E-state index contributed by atoms with van der Waals surface area (Å²) < 4.78 is 0. The van der Waals surface area contributed by atoms with E-state index in [2.05, 4.69) is 40.1 Å². The van der Waals surface area contributed by atoms with E-state index in [1.807, 2.05) is 0 Å². The van der Waals surface area contributed by atoms with Crippen molar-refractivity contribution in [3.8, 4) is 0 Å². The molecule has 1 N–H and O–H groups in total. The monoisotopic (exact) mass is 289 g/mol. The summed E-state index contributed by atoms with van der Waals surface area (Å²) in [5, 5.41) is 3.33. The minimum Gasteiger partial charge on any atom is -0.370 e. The highest BCUT2D eigenvalue weighted by molar-refractivity contribution is 5.49. The van der Waals surface area contributed by atoms with E-state index in [0.29, 0.717) is 5.92 Å². The first-order valence-electron chi connectivity index (χ1n) is 8.32. The van der Waals surface area contributed by atoms with Crippen LogP contribution >= 0.6 is 0 Å². The van der Waals surface area contributed by atoms with Gasteiger partial charge in [0.2, 0.25) is 0 Å². The zero-order valence-corrected chi connectivity index (χ0v) is 13.3. The van der Waals surface area contributed by atoms with Crippen molar-refractivity contribution in [2.24, 2.45) is 0 Å². The van der Waals surface area contributed by atoms with E-state index in [1.54, 1.807) is 0 Å². The minimum atomic E-state index is 0.592. The Kier molecular flexibility index (Phi) is 4.58. The molecule has 1 saturated carbocycles. The topological polar surface area (TPSA) is 44.3 Å². The molecule has 1 aromatic heterocycles. The Hall–Kier alpha value is -1.36. The molecule has 0 spiro atoms. The molecule has 116 valence electrons. The first kappa shape index (κ1) is 14.6. The number of likely N-dealkylation sites (N-methyl/N-ethyl adjacent to an activating group) is 1. The molecule has 1 aliphatic carbocycles. The molecular formula is C16H27N5. The molecule has 1 saturated heterocycles. The maximum Gasteiger partial charge on any atom is 0.136 e. The smallest absolute Gasteiger partial charge is 0.136 e. The van der Waals surface area contributed by atoms with Gasteiger partial charge in [0.1, 0.15) is 17.5 Å². The first-order valence-corrected chi connectivity index (χ1v) is 8.32. The van der Waals surface area contributed by atoms with Crippen LogP contribution in [0.25, 0.3) is 0 Å². The van der Waals surface area contributed by atoms with E-state index in [1.165, 1.54) is 38.8 Å². The van der Waals surface area contributed by atoms with E-state index in [-0.39, 0.29) is 0 Å². The lowest BCUT2D eigenvalue weighted by molar-refractivity contribution is 0.346. The molecule has 1 aromatic rings. The lowest BCUT2D eigenvalue weighted by Crippen LogP contribution is -2.32. The van der Waals surface area contributed by atoms with Crippen LogP contribution in [0.4, 0.5) is 11.6 Å². The van der Waals surface area contributed by atoms with Gasteiger partial charge in [0.05, 0.1) is 0 Å². The highest BCUT2D eigenvalue weighted by Crippen LogP contribution is 2.39. The van der Waals surface area contributed by atoms with Crippen LogP contribution in [0.15, 0.2) is 6.07 Å². The van der Waals surface area contributed by atoms with Crippen LogP contribution in [0, 0.1) is 0 Å². The van der Waals surface area contributed by atoms with E-state index in [4.69, 9.17) is 4.98 Å². The number of aromatic nitrogens is 2. The summed E-state index contributed by atoms with van der Waals surface area (Å²) >= 11 is 0. The second kappa shape index (κ2) is 6.60. The molecule has 5 heteroatoms. The van der Waals surface area contributed by atoms with Crippen LogP contribution in [0.2, 0.25) is 0 Å². The number of anilines is 2. The summed E-state index contributed by atoms with van der Waals surface area (Å²) in [4.78, 5) is 14.2. The van der Waals surface area contributed by atoms with Crippen molar-refractivity contribution in [1.82, 2.24) is 14.9 Å². The van der Waals surface area contributed by atoms with Crippen LogP contribution in [0.3, 0.4) is 0 Å². The number of hydrogen-bond acceptors (Lipinski definition) is 5. The number of rotatable bonds is 7. The Morgan fingerprint density at radius 2 is 2.05 bits per heavy atom. The van der Waals surface area contributed by atoms with Crippen molar-refractivity contribution in [2.45, 2.75) is 38.5 Å². The number of likely N-dealkylation sites (tertiary alicyclic amines) is 1. The van der Waals surface area contributed by atoms with Crippen molar-refractivity contribution in [3.63, 3.8) is 0 Å². The summed E-state index contributed by atoms with van der Waals surface area (Å²) in [5.74, 6) is 3.64. The Bertz CT molecular complexity index is 466. The zero-order valence-electron chi connectivity index (χ0n) is 13.3. The zero-order chi connectivity index (χ0) is 14.7. The van der Waals surface area contributed by atoms with E-state index in [9.17, 15) is 0 Å².